The molecule has 0 saturated carbocycles. The largest absolute Gasteiger partial charge is 0.508 e. The number of hydrogen-bond donors (Lipinski definition) is 3. The summed E-state index contributed by atoms with van der Waals surface area (Å²) >= 11 is 3.73. The van der Waals surface area contributed by atoms with Gasteiger partial charge in [-0.2, -0.15) is 22.0 Å². The normalized spacial score (nSPS) is 21.3. The molecule has 11 heteroatoms. The number of halogens is 5. The van der Waals surface area contributed by atoms with Gasteiger partial charge in [-0.05, 0) is 110 Å². The highest BCUT2D eigenvalue weighted by Crippen LogP contribution is 2.54. The first kappa shape index (κ1) is 50.0. The van der Waals surface area contributed by atoms with E-state index < -0.39 is 36.8 Å². The summed E-state index contributed by atoms with van der Waals surface area (Å²) < 4.78 is 63.2. The average molecular weight is 911 g/mol. The zero-order chi connectivity index (χ0) is 46.0. The maximum Gasteiger partial charge on any atom is 0.453 e. The number of carbonyl (C=O) groups is 1. The van der Waals surface area contributed by atoms with Crippen molar-refractivity contribution in [2.45, 2.75) is 149 Å². The summed E-state index contributed by atoms with van der Waals surface area (Å²) in [4.78, 5) is 14.0. The number of phenols is 2. The Labute approximate surface area is 379 Å². The predicted molar refractivity (Wildman–Crippen MR) is 248 cm³/mol. The molecule has 2 aliphatic heterocycles. The molecule has 0 spiro atoms. The van der Waals surface area contributed by atoms with E-state index >= 15 is 0 Å². The third-order valence-electron chi connectivity index (χ3n) is 13.3. The van der Waals surface area contributed by atoms with Crippen molar-refractivity contribution in [1.29, 1.82) is 0 Å². The molecular formula is C52H63F5O4S2. The van der Waals surface area contributed by atoms with Crippen LogP contribution in [0.2, 0.25) is 0 Å². The minimum absolute atomic E-state index is 0.155. The molecule has 0 aromatic heterocycles. The molecule has 0 aliphatic carbocycles. The fourth-order valence-electron chi connectivity index (χ4n) is 9.26. The van der Waals surface area contributed by atoms with Crippen LogP contribution in [0.5, 0.6) is 11.5 Å². The van der Waals surface area contributed by atoms with Crippen LogP contribution in [0.4, 0.5) is 22.0 Å². The van der Waals surface area contributed by atoms with Crippen LogP contribution in [0.15, 0.2) is 107 Å². The lowest BCUT2D eigenvalue weighted by Gasteiger charge is -2.43. The molecule has 2 aliphatic rings. The van der Waals surface area contributed by atoms with Crippen LogP contribution in [0.3, 0.4) is 0 Å². The second-order valence-electron chi connectivity index (χ2n) is 18.0. The van der Waals surface area contributed by atoms with Crippen molar-refractivity contribution in [1.82, 2.24) is 0 Å². The van der Waals surface area contributed by atoms with Gasteiger partial charge in [0.1, 0.15) is 11.5 Å². The number of thioether (sulfide) groups is 2. The Kier molecular flexibility index (Phi) is 17.3. The van der Waals surface area contributed by atoms with E-state index in [0.717, 1.165) is 66.9 Å². The van der Waals surface area contributed by atoms with Crippen molar-refractivity contribution in [3.8, 4) is 11.5 Å². The van der Waals surface area contributed by atoms with Gasteiger partial charge in [-0.1, -0.05) is 124 Å². The molecular weight excluding hydrogens is 848 g/mol. The molecule has 4 nitrogen and oxygen atoms in total. The van der Waals surface area contributed by atoms with E-state index in [1.807, 2.05) is 36.0 Å². The summed E-state index contributed by atoms with van der Waals surface area (Å²) in [5.41, 5.74) is 7.99. The quantitative estimate of drug-likeness (QED) is 0.0524. The third kappa shape index (κ3) is 12.6. The zero-order valence-corrected chi connectivity index (χ0v) is 38.6. The van der Waals surface area contributed by atoms with Gasteiger partial charge < -0.3 is 15.3 Å². The lowest BCUT2D eigenvalue weighted by molar-refractivity contribution is -0.284. The Hall–Kier alpha value is -3.96. The molecule has 0 saturated heterocycles. The molecule has 63 heavy (non-hydrogen) atoms. The Morgan fingerprint density at radius 1 is 0.698 bits per heavy atom. The number of aliphatic carboxylic acids is 1. The van der Waals surface area contributed by atoms with Crippen molar-refractivity contribution in [3.63, 3.8) is 0 Å². The standard InChI is InChI=1S/C31H39F5O4S.C21H24S/c1-29(22-12-14-23(37)15-13-22)20-41-27-19-24(38)16-17-25(27)26(29)11-7-5-3-2-4-6-9-21(28(39)40)10-8-18-30(32,33)31(34,35)36;1-5-6-19-18-12-9-16(3)13-20(18)22-14-21(19,4)17-10-7-15(2)8-11-17/h12-17,19,21,26,37-38H,2-11,18,20H2,1H3,(H,39,40);5,7-13,19H,1,6,14H2,2-4H3/t21?,26-,29-;19-,21-/m11/s1. The minimum atomic E-state index is -5.61. The van der Waals surface area contributed by atoms with Gasteiger partial charge in [-0.3, -0.25) is 4.79 Å². The van der Waals surface area contributed by atoms with Crippen LogP contribution < -0.4 is 0 Å². The summed E-state index contributed by atoms with van der Waals surface area (Å²) in [5, 5.41) is 29.1. The first-order chi connectivity index (χ1) is 29.8. The van der Waals surface area contributed by atoms with Crippen molar-refractivity contribution >= 4 is 29.5 Å². The van der Waals surface area contributed by atoms with E-state index in [4.69, 9.17) is 0 Å². The van der Waals surface area contributed by atoms with E-state index in [1.165, 1.54) is 32.7 Å². The number of carboxylic acid groups (broad SMARTS) is 1. The number of phenolic OH excluding ortho intramolecular Hbond substituents is 2. The fourth-order valence-corrected chi connectivity index (χ4v) is 12.1. The molecule has 2 heterocycles. The second-order valence-corrected chi connectivity index (χ2v) is 20.1. The van der Waals surface area contributed by atoms with E-state index in [1.54, 1.807) is 30.0 Å². The van der Waals surface area contributed by atoms with Gasteiger partial charge in [-0.15, -0.1) is 30.1 Å². The molecule has 5 atom stereocenters. The van der Waals surface area contributed by atoms with Gasteiger partial charge in [0, 0.05) is 38.5 Å². The molecule has 0 fully saturated rings. The number of carboxylic acids is 1. The van der Waals surface area contributed by atoms with Crippen LogP contribution in [0, 0.1) is 19.8 Å². The molecule has 1 unspecified atom stereocenters. The number of aryl methyl sites for hydroxylation is 2. The molecule has 3 N–H and O–H groups in total. The number of benzene rings is 4. The Morgan fingerprint density at radius 2 is 1.19 bits per heavy atom. The monoisotopic (exact) mass is 910 g/mol. The van der Waals surface area contributed by atoms with Crippen LogP contribution >= 0.6 is 23.5 Å². The number of hydrogen-bond acceptors (Lipinski definition) is 5. The van der Waals surface area contributed by atoms with Crippen molar-refractivity contribution < 1.29 is 42.1 Å². The van der Waals surface area contributed by atoms with Crippen molar-refractivity contribution in [2.24, 2.45) is 5.92 Å². The minimum Gasteiger partial charge on any atom is -0.508 e. The summed E-state index contributed by atoms with van der Waals surface area (Å²) in [6.45, 7) is 13.0. The number of fused-ring (bicyclic) bond motifs is 2. The van der Waals surface area contributed by atoms with Crippen molar-refractivity contribution in [2.75, 3.05) is 11.5 Å². The molecule has 4 aromatic carbocycles. The second kappa shape index (κ2) is 21.8. The molecule has 4 aromatic rings. The van der Waals surface area contributed by atoms with Gasteiger partial charge in [0.2, 0.25) is 0 Å². The topological polar surface area (TPSA) is 77.8 Å². The van der Waals surface area contributed by atoms with E-state index in [9.17, 15) is 42.1 Å². The fraction of sp³-hybridized carbons (Fsp3) is 0.481. The summed E-state index contributed by atoms with van der Waals surface area (Å²) in [6.07, 6.45) is 1.79. The molecule has 6 rings (SSSR count). The predicted octanol–water partition coefficient (Wildman–Crippen LogP) is 15.5. The zero-order valence-electron chi connectivity index (χ0n) is 37.0. The van der Waals surface area contributed by atoms with Gasteiger partial charge >= 0.3 is 18.1 Å². The number of unbranched alkanes of at least 4 members (excludes halogenated alkanes) is 5. The highest BCUT2D eigenvalue weighted by atomic mass is 32.2. The number of aromatic hydroxyl groups is 2. The van der Waals surface area contributed by atoms with E-state index in [0.29, 0.717) is 12.3 Å². The van der Waals surface area contributed by atoms with Crippen molar-refractivity contribution in [3.05, 3.63) is 131 Å². The van der Waals surface area contributed by atoms with Gasteiger partial charge in [0.15, 0.2) is 0 Å². The van der Waals surface area contributed by atoms with E-state index in [-0.39, 0.29) is 41.1 Å². The maximum absolute atomic E-state index is 13.1. The smallest absolute Gasteiger partial charge is 0.453 e. The molecule has 0 amide bonds. The summed E-state index contributed by atoms with van der Waals surface area (Å²) in [7, 11) is 0. The number of rotatable bonds is 18. The summed E-state index contributed by atoms with van der Waals surface area (Å²) in [6, 6.07) is 28.9. The summed E-state index contributed by atoms with van der Waals surface area (Å²) in [5.74, 6) is -3.69. The molecule has 0 radical (unpaired) electrons. The lowest BCUT2D eigenvalue weighted by atomic mass is 9.68. The Balaban J connectivity index is 0.000000284. The SMILES string of the molecule is C=CC[C@@H]1c2ccc(C)cc2SC[C@]1(C)c1ccc(C)cc1.C[C@]1(c2ccc(O)cc2)CSc2cc(O)ccc2[C@H]1CCCCCCCCC(CCCC(F)(F)C(F)(F)F)C(=O)O. The molecule has 0 bridgehead atoms. The van der Waals surface area contributed by atoms with Crippen LogP contribution in [-0.2, 0) is 15.6 Å². The highest BCUT2D eigenvalue weighted by molar-refractivity contribution is 7.99. The maximum atomic E-state index is 13.1. The van der Waals surface area contributed by atoms with Crippen LogP contribution in [0.25, 0.3) is 0 Å². The number of allylic oxidation sites excluding steroid dienone is 1. The first-order valence-electron chi connectivity index (χ1n) is 22.1. The Morgan fingerprint density at radius 3 is 1.79 bits per heavy atom. The first-order valence-corrected chi connectivity index (χ1v) is 24.1. The van der Waals surface area contributed by atoms with Gasteiger partial charge in [-0.25, -0.2) is 0 Å². The third-order valence-corrected chi connectivity index (χ3v) is 16.1. The molecule has 342 valence electrons. The highest BCUT2D eigenvalue weighted by Gasteiger charge is 2.56. The average Bonchev–Trinajstić information content (AvgIpc) is 3.23. The lowest BCUT2D eigenvalue weighted by Crippen LogP contribution is -2.36. The van der Waals surface area contributed by atoms with E-state index in [2.05, 4.69) is 82.8 Å². The van der Waals surface area contributed by atoms with Crippen LogP contribution in [-0.4, -0.2) is 44.9 Å². The number of alkyl halides is 5. The van der Waals surface area contributed by atoms with Gasteiger partial charge in [0.25, 0.3) is 0 Å². The Bertz CT molecular complexity index is 2120. The van der Waals surface area contributed by atoms with Gasteiger partial charge in [0.05, 0.1) is 5.92 Å². The van der Waals surface area contributed by atoms with Crippen LogP contribution in [0.1, 0.15) is 136 Å².